The van der Waals surface area contributed by atoms with E-state index in [0.29, 0.717) is 17.9 Å². The standard InChI is InChI=1S/C11H11FO/c1-7-4-8-6-9(12)2-3-10(8)11(13)5-7/h2-3,6-7H,4-5H2,1H3. The van der Waals surface area contributed by atoms with Crippen LogP contribution in [0, 0.1) is 11.7 Å². The van der Waals surface area contributed by atoms with E-state index in [2.05, 4.69) is 0 Å². The largest absolute Gasteiger partial charge is 0.294 e. The lowest BCUT2D eigenvalue weighted by atomic mass is 9.84. The van der Waals surface area contributed by atoms with Gasteiger partial charge in [0.05, 0.1) is 0 Å². The molecule has 1 aliphatic rings. The van der Waals surface area contributed by atoms with Crippen LogP contribution in [0.2, 0.25) is 0 Å². The summed E-state index contributed by atoms with van der Waals surface area (Å²) in [7, 11) is 0. The number of hydrogen-bond acceptors (Lipinski definition) is 1. The number of carbonyl (C=O) groups is 1. The topological polar surface area (TPSA) is 17.1 Å². The highest BCUT2D eigenvalue weighted by molar-refractivity contribution is 5.98. The first-order valence-corrected chi connectivity index (χ1v) is 4.48. The van der Waals surface area contributed by atoms with Crippen LogP contribution in [0.15, 0.2) is 18.2 Å². The number of halogens is 1. The third-order valence-electron chi connectivity index (χ3n) is 2.47. The molecule has 2 heteroatoms. The molecule has 13 heavy (non-hydrogen) atoms. The van der Waals surface area contributed by atoms with Gasteiger partial charge in [-0.2, -0.15) is 0 Å². The molecule has 0 bridgehead atoms. The minimum atomic E-state index is -0.249. The Morgan fingerprint density at radius 1 is 1.38 bits per heavy atom. The molecule has 1 atom stereocenters. The molecule has 0 saturated heterocycles. The quantitative estimate of drug-likeness (QED) is 0.596. The molecule has 0 spiro atoms. The first-order chi connectivity index (χ1) is 6.16. The number of carbonyl (C=O) groups excluding carboxylic acids is 1. The Kier molecular flexibility index (Phi) is 1.91. The van der Waals surface area contributed by atoms with E-state index in [1.54, 1.807) is 6.07 Å². The maximum atomic E-state index is 12.8. The van der Waals surface area contributed by atoms with E-state index >= 15 is 0 Å². The average Bonchev–Trinajstić information content (AvgIpc) is 2.02. The molecule has 1 nitrogen and oxygen atoms in total. The minimum absolute atomic E-state index is 0.147. The predicted octanol–water partition coefficient (Wildman–Crippen LogP) is 2.59. The molecule has 0 amide bonds. The van der Waals surface area contributed by atoms with Gasteiger partial charge in [0.15, 0.2) is 5.78 Å². The summed E-state index contributed by atoms with van der Waals surface area (Å²) in [6.45, 7) is 2.02. The summed E-state index contributed by atoms with van der Waals surface area (Å²) in [5, 5.41) is 0. The van der Waals surface area contributed by atoms with Gasteiger partial charge in [-0.25, -0.2) is 4.39 Å². The van der Waals surface area contributed by atoms with Crippen LogP contribution < -0.4 is 0 Å². The SMILES string of the molecule is CC1CC(=O)c2ccc(F)cc2C1. The van der Waals surface area contributed by atoms with Crippen molar-refractivity contribution in [2.45, 2.75) is 19.8 Å². The molecule has 0 fully saturated rings. The van der Waals surface area contributed by atoms with Crippen LogP contribution >= 0.6 is 0 Å². The van der Waals surface area contributed by atoms with Crippen molar-refractivity contribution >= 4 is 5.78 Å². The third kappa shape index (κ3) is 1.48. The molecule has 68 valence electrons. The molecule has 1 aromatic rings. The fourth-order valence-electron chi connectivity index (χ4n) is 1.88. The molecule has 0 N–H and O–H groups in total. The lowest BCUT2D eigenvalue weighted by molar-refractivity contribution is 0.0953. The van der Waals surface area contributed by atoms with Gasteiger partial charge in [-0.1, -0.05) is 6.92 Å². The second-order valence-corrected chi connectivity index (χ2v) is 3.74. The van der Waals surface area contributed by atoms with Crippen LogP contribution in [0.5, 0.6) is 0 Å². The lowest BCUT2D eigenvalue weighted by Gasteiger charge is -2.19. The first kappa shape index (κ1) is 8.42. The van der Waals surface area contributed by atoms with Gasteiger partial charge < -0.3 is 0 Å². The van der Waals surface area contributed by atoms with E-state index in [0.717, 1.165) is 12.0 Å². The molecule has 0 aromatic heterocycles. The van der Waals surface area contributed by atoms with Crippen molar-refractivity contribution in [1.82, 2.24) is 0 Å². The van der Waals surface area contributed by atoms with Crippen LogP contribution in [0.25, 0.3) is 0 Å². The van der Waals surface area contributed by atoms with E-state index in [-0.39, 0.29) is 11.6 Å². The summed E-state index contributed by atoms with van der Waals surface area (Å²) in [4.78, 5) is 11.5. The number of benzene rings is 1. The molecule has 1 aliphatic carbocycles. The highest BCUT2D eigenvalue weighted by Gasteiger charge is 2.21. The maximum absolute atomic E-state index is 12.8. The first-order valence-electron chi connectivity index (χ1n) is 4.48. The molecule has 1 aromatic carbocycles. The van der Waals surface area contributed by atoms with Gasteiger partial charge in [-0.15, -0.1) is 0 Å². The van der Waals surface area contributed by atoms with Crippen molar-refractivity contribution < 1.29 is 9.18 Å². The number of fused-ring (bicyclic) bond motifs is 1. The fourth-order valence-corrected chi connectivity index (χ4v) is 1.88. The van der Waals surface area contributed by atoms with Crippen LogP contribution in [0.3, 0.4) is 0 Å². The van der Waals surface area contributed by atoms with Crippen molar-refractivity contribution in [1.29, 1.82) is 0 Å². The van der Waals surface area contributed by atoms with Crippen molar-refractivity contribution in [3.8, 4) is 0 Å². The molecule has 0 radical (unpaired) electrons. The highest BCUT2D eigenvalue weighted by Crippen LogP contribution is 2.25. The zero-order valence-corrected chi connectivity index (χ0v) is 7.51. The van der Waals surface area contributed by atoms with Gasteiger partial charge in [0.25, 0.3) is 0 Å². The molecule has 2 rings (SSSR count). The average molecular weight is 178 g/mol. The van der Waals surface area contributed by atoms with Crippen LogP contribution in [0.4, 0.5) is 4.39 Å². The zero-order valence-electron chi connectivity index (χ0n) is 7.51. The second kappa shape index (κ2) is 2.95. The third-order valence-corrected chi connectivity index (χ3v) is 2.47. The highest BCUT2D eigenvalue weighted by atomic mass is 19.1. The minimum Gasteiger partial charge on any atom is -0.294 e. The summed E-state index contributed by atoms with van der Waals surface area (Å²) < 4.78 is 12.8. The van der Waals surface area contributed by atoms with Gasteiger partial charge >= 0.3 is 0 Å². The Morgan fingerprint density at radius 3 is 2.92 bits per heavy atom. The van der Waals surface area contributed by atoms with Crippen LogP contribution in [0.1, 0.15) is 29.3 Å². The summed E-state index contributed by atoms with van der Waals surface area (Å²) in [5.41, 5.74) is 1.57. The van der Waals surface area contributed by atoms with E-state index < -0.39 is 0 Å². The molecule has 1 unspecified atom stereocenters. The Hall–Kier alpha value is -1.18. The molecule has 0 aliphatic heterocycles. The number of hydrogen-bond donors (Lipinski definition) is 0. The van der Waals surface area contributed by atoms with E-state index in [1.807, 2.05) is 6.92 Å². The van der Waals surface area contributed by atoms with Crippen molar-refractivity contribution in [2.24, 2.45) is 5.92 Å². The van der Waals surface area contributed by atoms with Gasteiger partial charge in [0.2, 0.25) is 0 Å². The monoisotopic (exact) mass is 178 g/mol. The van der Waals surface area contributed by atoms with Gasteiger partial charge in [-0.05, 0) is 36.1 Å². The molecular formula is C11H11FO. The van der Waals surface area contributed by atoms with Crippen molar-refractivity contribution in [3.05, 3.63) is 35.1 Å². The predicted molar refractivity (Wildman–Crippen MR) is 48.2 cm³/mol. The van der Waals surface area contributed by atoms with Crippen molar-refractivity contribution in [3.63, 3.8) is 0 Å². The van der Waals surface area contributed by atoms with Crippen LogP contribution in [-0.4, -0.2) is 5.78 Å². The summed E-state index contributed by atoms with van der Waals surface area (Å²) in [5.74, 6) is 0.246. The molecular weight excluding hydrogens is 167 g/mol. The Balaban J connectivity index is 2.49. The maximum Gasteiger partial charge on any atom is 0.163 e. The lowest BCUT2D eigenvalue weighted by Crippen LogP contribution is -2.17. The summed E-state index contributed by atoms with van der Waals surface area (Å²) >= 11 is 0. The fraction of sp³-hybridized carbons (Fsp3) is 0.364. The normalized spacial score (nSPS) is 21.4. The summed E-state index contributed by atoms with van der Waals surface area (Å²) in [6, 6.07) is 4.43. The molecule has 0 heterocycles. The van der Waals surface area contributed by atoms with E-state index in [1.165, 1.54) is 12.1 Å². The number of Topliss-reactive ketones (excluding diaryl/α,β-unsaturated/α-hetero) is 1. The molecule has 0 saturated carbocycles. The number of rotatable bonds is 0. The van der Waals surface area contributed by atoms with Crippen molar-refractivity contribution in [2.75, 3.05) is 0 Å². The van der Waals surface area contributed by atoms with E-state index in [9.17, 15) is 9.18 Å². The van der Waals surface area contributed by atoms with Gasteiger partial charge in [0.1, 0.15) is 5.82 Å². The Labute approximate surface area is 76.6 Å². The Bertz CT molecular complexity index is 357. The number of ketones is 1. The Morgan fingerprint density at radius 2 is 2.15 bits per heavy atom. The smallest absolute Gasteiger partial charge is 0.163 e. The summed E-state index contributed by atoms with van der Waals surface area (Å²) in [6.07, 6.45) is 1.41. The van der Waals surface area contributed by atoms with Crippen LogP contribution in [-0.2, 0) is 6.42 Å². The van der Waals surface area contributed by atoms with Gasteiger partial charge in [0, 0.05) is 12.0 Å². The second-order valence-electron chi connectivity index (χ2n) is 3.74. The zero-order chi connectivity index (χ0) is 9.42. The van der Waals surface area contributed by atoms with E-state index in [4.69, 9.17) is 0 Å². The van der Waals surface area contributed by atoms with Gasteiger partial charge in [-0.3, -0.25) is 4.79 Å².